The largest absolute Gasteiger partial charge is 0.0621 e. The summed E-state index contributed by atoms with van der Waals surface area (Å²) in [6, 6.07) is 36.2. The molecular formula is C52H64Si. The second-order valence-corrected chi connectivity index (χ2v) is 21.3. The first-order chi connectivity index (χ1) is 25.5. The number of allylic oxidation sites excluding steroid dienone is 2. The van der Waals surface area contributed by atoms with Gasteiger partial charge in [-0.2, -0.15) is 0 Å². The maximum absolute atomic E-state index is 2.67. The van der Waals surface area contributed by atoms with Gasteiger partial charge in [0.15, 0.2) is 0 Å². The fraction of sp³-hybridized carbons (Fsp3) is 0.462. The minimum absolute atomic E-state index is 0.173. The molecule has 0 saturated heterocycles. The fourth-order valence-electron chi connectivity index (χ4n) is 10.6. The van der Waals surface area contributed by atoms with Gasteiger partial charge in [0.1, 0.15) is 0 Å². The number of hydrogen-bond donors (Lipinski definition) is 0. The molecule has 0 aliphatic heterocycles. The first kappa shape index (κ1) is 36.5. The molecule has 8 rings (SSSR count). The van der Waals surface area contributed by atoms with E-state index in [-0.39, 0.29) is 20.3 Å². The van der Waals surface area contributed by atoms with Crippen molar-refractivity contribution < 1.29 is 0 Å². The van der Waals surface area contributed by atoms with E-state index in [2.05, 4.69) is 139 Å². The molecule has 0 spiro atoms. The Kier molecular flexibility index (Phi) is 10.4. The van der Waals surface area contributed by atoms with Crippen LogP contribution in [0.25, 0.3) is 34.4 Å². The monoisotopic (exact) mass is 716 g/mol. The number of fused-ring (bicyclic) bond motifs is 2. The summed E-state index contributed by atoms with van der Waals surface area (Å²) in [7, 11) is -0.326. The van der Waals surface area contributed by atoms with Crippen LogP contribution in [0.2, 0.25) is 12.1 Å². The van der Waals surface area contributed by atoms with Crippen molar-refractivity contribution in [2.45, 2.75) is 141 Å². The second kappa shape index (κ2) is 15.0. The van der Waals surface area contributed by atoms with Crippen molar-refractivity contribution >= 4 is 21.7 Å². The van der Waals surface area contributed by atoms with Crippen LogP contribution in [0.3, 0.4) is 0 Å². The summed E-state index contributed by atoms with van der Waals surface area (Å²) in [5.41, 5.74) is 18.6. The molecule has 0 amide bonds. The zero-order chi connectivity index (χ0) is 36.7. The van der Waals surface area contributed by atoms with Crippen molar-refractivity contribution in [3.05, 3.63) is 129 Å². The summed E-state index contributed by atoms with van der Waals surface area (Å²) in [4.78, 5) is 0. The van der Waals surface area contributed by atoms with Crippen LogP contribution in [0.5, 0.6) is 0 Å². The van der Waals surface area contributed by atoms with Crippen LogP contribution in [-0.4, -0.2) is 9.52 Å². The summed E-state index contributed by atoms with van der Waals surface area (Å²) in [6.45, 7) is 13.9. The molecule has 0 heterocycles. The molecule has 4 aliphatic carbocycles. The molecule has 276 valence electrons. The lowest BCUT2D eigenvalue weighted by Crippen LogP contribution is -2.11. The van der Waals surface area contributed by atoms with Crippen LogP contribution in [-0.2, 0) is 10.8 Å². The summed E-state index contributed by atoms with van der Waals surface area (Å²) in [5, 5.41) is 0. The maximum Gasteiger partial charge on any atom is 0.0218 e. The second-order valence-electron chi connectivity index (χ2n) is 19.5. The maximum atomic E-state index is 2.67. The molecular weight excluding hydrogens is 653 g/mol. The molecule has 0 nitrogen and oxygen atoms in total. The summed E-state index contributed by atoms with van der Waals surface area (Å²) < 4.78 is 0. The fourth-order valence-corrected chi connectivity index (χ4v) is 13.0. The third-order valence-corrected chi connectivity index (χ3v) is 15.7. The molecule has 0 aromatic heterocycles. The summed E-state index contributed by atoms with van der Waals surface area (Å²) in [5.74, 6) is 2.99. The highest BCUT2D eigenvalue weighted by Gasteiger charge is 2.33. The lowest BCUT2D eigenvalue weighted by Gasteiger charge is -2.23. The number of benzene rings is 4. The first-order valence-electron chi connectivity index (χ1n) is 21.4. The highest BCUT2D eigenvalue weighted by Crippen LogP contribution is 2.50. The van der Waals surface area contributed by atoms with Gasteiger partial charge in [-0.15, -0.1) is 0 Å². The smallest absolute Gasteiger partial charge is 0.0218 e. The number of rotatable bonds is 10. The zero-order valence-electron chi connectivity index (χ0n) is 33.7. The molecule has 2 saturated carbocycles. The third-order valence-electron chi connectivity index (χ3n) is 13.7. The lowest BCUT2D eigenvalue weighted by molar-refractivity contribution is 0.530. The van der Waals surface area contributed by atoms with Crippen molar-refractivity contribution in [3.8, 4) is 22.3 Å². The van der Waals surface area contributed by atoms with Crippen molar-refractivity contribution in [2.75, 3.05) is 0 Å². The molecule has 2 atom stereocenters. The van der Waals surface area contributed by atoms with Crippen LogP contribution in [0, 0.1) is 11.8 Å². The molecule has 2 fully saturated rings. The standard InChI is InChI=1S/C52H64Si/c1-51(2,3)41-25-21-37(22-26-41)43-17-11-19-45-47(43)31-39(29-35-13-7-8-14-35)49(45)33-53-34-50-40(30-36-15-9-10-16-36)32-48-44(18-12-20-46(48)50)38-23-27-42(28-24-38)52(4,5)6/h11-12,17-28,31-32,35-36,49-50H,7-10,13-16,29-30,33-34,53H2,1-6H3. The minimum Gasteiger partial charge on any atom is -0.0621 e. The topological polar surface area (TPSA) is 0 Å². The highest BCUT2D eigenvalue weighted by molar-refractivity contribution is 6.36. The molecule has 0 N–H and O–H groups in total. The Bertz CT molecular complexity index is 1820. The van der Waals surface area contributed by atoms with Gasteiger partial charge in [0, 0.05) is 21.4 Å². The molecule has 2 unspecified atom stereocenters. The predicted molar refractivity (Wildman–Crippen MR) is 234 cm³/mol. The van der Waals surface area contributed by atoms with Gasteiger partial charge in [-0.25, -0.2) is 0 Å². The van der Waals surface area contributed by atoms with Crippen LogP contribution < -0.4 is 0 Å². The Morgan fingerprint density at radius 3 is 1.23 bits per heavy atom. The van der Waals surface area contributed by atoms with Gasteiger partial charge in [-0.3, -0.25) is 0 Å². The van der Waals surface area contributed by atoms with E-state index in [0.717, 1.165) is 11.8 Å². The van der Waals surface area contributed by atoms with Crippen molar-refractivity contribution in [3.63, 3.8) is 0 Å². The SMILES string of the molecule is CC(C)(C)c1ccc(-c2cccc3c2C=C(CC2CCCC2)C3C[SiH2]CC2C(CC3CCCC3)=Cc3c(-c4ccc(C(C)(C)C)cc4)cccc32)cc1. The van der Waals surface area contributed by atoms with E-state index < -0.39 is 0 Å². The van der Waals surface area contributed by atoms with E-state index >= 15 is 0 Å². The molecule has 0 radical (unpaired) electrons. The molecule has 53 heavy (non-hydrogen) atoms. The Labute approximate surface area is 324 Å². The average Bonchev–Trinajstić information content (AvgIpc) is 3.96. The van der Waals surface area contributed by atoms with Crippen LogP contribution in [0.15, 0.2) is 96.1 Å². The van der Waals surface area contributed by atoms with Gasteiger partial charge >= 0.3 is 0 Å². The minimum atomic E-state index is -0.326. The third kappa shape index (κ3) is 7.75. The predicted octanol–water partition coefficient (Wildman–Crippen LogP) is 14.4. The quantitative estimate of drug-likeness (QED) is 0.143. The zero-order valence-corrected chi connectivity index (χ0v) is 35.2. The molecule has 4 aliphatic rings. The van der Waals surface area contributed by atoms with E-state index in [4.69, 9.17) is 0 Å². The van der Waals surface area contributed by atoms with Crippen LogP contribution in [0.4, 0.5) is 0 Å². The average molecular weight is 717 g/mol. The lowest BCUT2D eigenvalue weighted by atomic mass is 9.85. The van der Waals surface area contributed by atoms with E-state index in [1.807, 2.05) is 0 Å². The normalized spacial score (nSPS) is 20.7. The molecule has 1 heteroatoms. The first-order valence-corrected chi connectivity index (χ1v) is 23.4. The van der Waals surface area contributed by atoms with Crippen molar-refractivity contribution in [2.24, 2.45) is 11.8 Å². The van der Waals surface area contributed by atoms with Gasteiger partial charge in [0.05, 0.1) is 0 Å². The summed E-state index contributed by atoms with van der Waals surface area (Å²) >= 11 is 0. The van der Waals surface area contributed by atoms with E-state index in [1.165, 1.54) is 121 Å². The molecule has 4 aromatic carbocycles. The van der Waals surface area contributed by atoms with Gasteiger partial charge in [-0.05, 0) is 91.1 Å². The van der Waals surface area contributed by atoms with Gasteiger partial charge < -0.3 is 0 Å². The van der Waals surface area contributed by atoms with Crippen molar-refractivity contribution in [1.82, 2.24) is 0 Å². The van der Waals surface area contributed by atoms with Crippen LogP contribution in [0.1, 0.15) is 151 Å². The Morgan fingerprint density at radius 2 is 0.868 bits per heavy atom. The molecule has 0 bridgehead atoms. The Hall–Kier alpha value is -3.42. The Morgan fingerprint density at radius 1 is 0.491 bits per heavy atom. The number of hydrogen-bond acceptors (Lipinski definition) is 0. The van der Waals surface area contributed by atoms with E-state index in [9.17, 15) is 0 Å². The van der Waals surface area contributed by atoms with Crippen LogP contribution >= 0.6 is 0 Å². The molecule has 4 aromatic rings. The van der Waals surface area contributed by atoms with Gasteiger partial charge in [-0.1, -0.05) is 213 Å². The van der Waals surface area contributed by atoms with Crippen molar-refractivity contribution in [1.29, 1.82) is 0 Å². The van der Waals surface area contributed by atoms with E-state index in [0.29, 0.717) is 11.8 Å². The van der Waals surface area contributed by atoms with Gasteiger partial charge in [0.2, 0.25) is 0 Å². The highest BCUT2D eigenvalue weighted by atomic mass is 28.2. The van der Waals surface area contributed by atoms with Gasteiger partial charge in [0.25, 0.3) is 0 Å². The summed E-state index contributed by atoms with van der Waals surface area (Å²) in [6.07, 6.45) is 19.4. The van der Waals surface area contributed by atoms with E-state index in [1.54, 1.807) is 22.3 Å². The Balaban J connectivity index is 1.07.